The summed E-state index contributed by atoms with van der Waals surface area (Å²) in [6, 6.07) is -0.132. The average molecular weight is 285 g/mol. The molecule has 2 saturated heterocycles. The van der Waals surface area contributed by atoms with Crippen molar-refractivity contribution in [3.8, 4) is 0 Å². The molecule has 2 fully saturated rings. The van der Waals surface area contributed by atoms with E-state index in [9.17, 15) is 14.7 Å². The summed E-state index contributed by atoms with van der Waals surface area (Å²) in [5, 5.41) is 15.0. The largest absolute Gasteiger partial charge is 0.481 e. The van der Waals surface area contributed by atoms with E-state index in [2.05, 4.69) is 15.5 Å². The number of amides is 2. The van der Waals surface area contributed by atoms with Crippen molar-refractivity contribution < 1.29 is 19.4 Å². The number of aliphatic carboxylic acids is 1. The Morgan fingerprint density at radius 2 is 2.10 bits per heavy atom. The molecule has 7 heteroatoms. The molecule has 1 atom stereocenters. The van der Waals surface area contributed by atoms with Gasteiger partial charge in [-0.05, 0) is 32.9 Å². The second kappa shape index (κ2) is 6.41. The Kier molecular flexibility index (Phi) is 4.82. The quantitative estimate of drug-likeness (QED) is 0.669. The maximum Gasteiger partial charge on any atom is 0.315 e. The van der Waals surface area contributed by atoms with E-state index in [0.717, 1.165) is 19.5 Å². The predicted octanol–water partition coefficient (Wildman–Crippen LogP) is -0.129. The van der Waals surface area contributed by atoms with Gasteiger partial charge in [-0.3, -0.25) is 4.79 Å². The fourth-order valence-corrected chi connectivity index (χ4v) is 2.77. The van der Waals surface area contributed by atoms with Crippen molar-refractivity contribution in [1.29, 1.82) is 0 Å². The minimum Gasteiger partial charge on any atom is -0.481 e. The van der Waals surface area contributed by atoms with Crippen LogP contribution in [0.25, 0.3) is 0 Å². The number of rotatable bonds is 4. The lowest BCUT2D eigenvalue weighted by molar-refractivity contribution is -0.154. The van der Waals surface area contributed by atoms with Gasteiger partial charge in [0.2, 0.25) is 0 Å². The van der Waals surface area contributed by atoms with E-state index in [4.69, 9.17) is 4.74 Å². The molecule has 0 bridgehead atoms. The summed E-state index contributed by atoms with van der Waals surface area (Å²) < 4.78 is 5.20. The Morgan fingerprint density at radius 1 is 1.40 bits per heavy atom. The van der Waals surface area contributed by atoms with E-state index in [0.29, 0.717) is 26.1 Å². The van der Waals surface area contributed by atoms with E-state index >= 15 is 0 Å². The van der Waals surface area contributed by atoms with Crippen LogP contribution in [0.5, 0.6) is 0 Å². The molecule has 2 rings (SSSR count). The molecule has 2 heterocycles. The van der Waals surface area contributed by atoms with E-state index in [1.165, 1.54) is 0 Å². The van der Waals surface area contributed by atoms with Crippen LogP contribution in [0.1, 0.15) is 19.3 Å². The van der Waals surface area contributed by atoms with Crippen LogP contribution in [-0.4, -0.2) is 67.9 Å². The van der Waals surface area contributed by atoms with Gasteiger partial charge in [0.15, 0.2) is 0 Å². The zero-order valence-electron chi connectivity index (χ0n) is 11.9. The van der Waals surface area contributed by atoms with Crippen LogP contribution in [0.2, 0.25) is 0 Å². The smallest absolute Gasteiger partial charge is 0.315 e. The summed E-state index contributed by atoms with van der Waals surface area (Å²) >= 11 is 0. The number of ether oxygens (including phenoxy) is 1. The molecular formula is C13H23N3O4. The van der Waals surface area contributed by atoms with Gasteiger partial charge in [0.1, 0.15) is 0 Å². The van der Waals surface area contributed by atoms with Gasteiger partial charge in [0, 0.05) is 32.3 Å². The molecular weight excluding hydrogens is 262 g/mol. The van der Waals surface area contributed by atoms with Crippen molar-refractivity contribution in [2.24, 2.45) is 5.41 Å². The highest BCUT2D eigenvalue weighted by atomic mass is 16.5. The standard InChI is InChI=1S/C13H23N3O4/c1-16-5-2-10(8-16)15-12(19)14-9-13(11(17)18)3-6-20-7-4-13/h10H,2-9H2,1H3,(H,17,18)(H2,14,15,19). The van der Waals surface area contributed by atoms with Crippen LogP contribution in [0.4, 0.5) is 4.79 Å². The van der Waals surface area contributed by atoms with Gasteiger partial charge in [-0.15, -0.1) is 0 Å². The lowest BCUT2D eigenvalue weighted by atomic mass is 9.80. The normalized spacial score (nSPS) is 26.1. The van der Waals surface area contributed by atoms with E-state index in [1.54, 1.807) is 0 Å². The number of carboxylic acid groups (broad SMARTS) is 1. The number of nitrogens with zero attached hydrogens (tertiary/aromatic N) is 1. The van der Waals surface area contributed by atoms with Crippen molar-refractivity contribution in [3.05, 3.63) is 0 Å². The number of carbonyl (C=O) groups excluding carboxylic acids is 1. The number of urea groups is 1. The molecule has 2 amide bonds. The molecule has 1 unspecified atom stereocenters. The van der Waals surface area contributed by atoms with Crippen LogP contribution in [-0.2, 0) is 9.53 Å². The third-order valence-electron chi connectivity index (χ3n) is 4.22. The zero-order valence-corrected chi connectivity index (χ0v) is 11.9. The van der Waals surface area contributed by atoms with Gasteiger partial charge in [-0.25, -0.2) is 4.79 Å². The minimum absolute atomic E-state index is 0.149. The number of likely N-dealkylation sites (N-methyl/N-ethyl adjacent to an activating group) is 1. The molecule has 0 aromatic carbocycles. The molecule has 114 valence electrons. The fourth-order valence-electron chi connectivity index (χ4n) is 2.77. The molecule has 3 N–H and O–H groups in total. The molecule has 2 aliphatic rings. The monoisotopic (exact) mass is 285 g/mol. The highest BCUT2D eigenvalue weighted by Gasteiger charge is 2.40. The van der Waals surface area contributed by atoms with Gasteiger partial charge in [0.05, 0.1) is 5.41 Å². The van der Waals surface area contributed by atoms with E-state index in [1.807, 2.05) is 7.05 Å². The first-order valence-electron chi connectivity index (χ1n) is 7.06. The zero-order chi connectivity index (χ0) is 14.6. The van der Waals surface area contributed by atoms with Crippen LogP contribution in [0.15, 0.2) is 0 Å². The van der Waals surface area contributed by atoms with Crippen molar-refractivity contribution in [1.82, 2.24) is 15.5 Å². The van der Waals surface area contributed by atoms with Crippen molar-refractivity contribution in [3.63, 3.8) is 0 Å². The van der Waals surface area contributed by atoms with Crippen LogP contribution < -0.4 is 10.6 Å². The number of hydrogen-bond acceptors (Lipinski definition) is 4. The first-order valence-corrected chi connectivity index (χ1v) is 7.06. The Hall–Kier alpha value is -1.34. The maximum absolute atomic E-state index is 11.8. The summed E-state index contributed by atoms with van der Waals surface area (Å²) in [6.07, 6.45) is 1.81. The van der Waals surface area contributed by atoms with E-state index < -0.39 is 11.4 Å². The number of hydrogen-bond donors (Lipinski definition) is 3. The topological polar surface area (TPSA) is 90.9 Å². The van der Waals surface area contributed by atoms with E-state index in [-0.39, 0.29) is 18.6 Å². The molecule has 0 radical (unpaired) electrons. The third kappa shape index (κ3) is 3.61. The highest BCUT2D eigenvalue weighted by Crippen LogP contribution is 2.30. The lowest BCUT2D eigenvalue weighted by Crippen LogP contribution is -2.50. The summed E-state index contributed by atoms with van der Waals surface area (Å²) in [5.41, 5.74) is -0.887. The predicted molar refractivity (Wildman–Crippen MR) is 72.6 cm³/mol. The molecule has 2 aliphatic heterocycles. The molecule has 0 aliphatic carbocycles. The summed E-state index contributed by atoms with van der Waals surface area (Å²) in [4.78, 5) is 25.4. The summed E-state index contributed by atoms with van der Waals surface area (Å²) in [5.74, 6) is -0.860. The van der Waals surface area contributed by atoms with Crippen molar-refractivity contribution in [2.75, 3.05) is 39.9 Å². The van der Waals surface area contributed by atoms with Gasteiger partial charge in [-0.2, -0.15) is 0 Å². The number of nitrogens with one attached hydrogen (secondary N) is 2. The lowest BCUT2D eigenvalue weighted by Gasteiger charge is -2.33. The Balaban J connectivity index is 1.80. The molecule has 0 aromatic rings. The van der Waals surface area contributed by atoms with Crippen LogP contribution in [0, 0.1) is 5.41 Å². The fraction of sp³-hybridized carbons (Fsp3) is 0.846. The van der Waals surface area contributed by atoms with Gasteiger partial charge in [-0.1, -0.05) is 0 Å². The molecule has 0 spiro atoms. The second-order valence-electron chi connectivity index (χ2n) is 5.77. The first kappa shape index (κ1) is 15.1. The Labute approximate surface area is 118 Å². The highest BCUT2D eigenvalue weighted by molar-refractivity contribution is 5.78. The Bertz CT molecular complexity index is 369. The SMILES string of the molecule is CN1CCC(NC(=O)NCC2(C(=O)O)CCOCC2)C1. The van der Waals surface area contributed by atoms with Crippen LogP contribution in [0.3, 0.4) is 0 Å². The molecule has 0 aromatic heterocycles. The maximum atomic E-state index is 11.8. The van der Waals surface area contributed by atoms with Gasteiger partial charge >= 0.3 is 12.0 Å². The number of likely N-dealkylation sites (tertiary alicyclic amines) is 1. The van der Waals surface area contributed by atoms with Crippen LogP contribution >= 0.6 is 0 Å². The number of carbonyl (C=O) groups is 2. The summed E-state index contributed by atoms with van der Waals surface area (Å²) in [7, 11) is 2.01. The van der Waals surface area contributed by atoms with Crippen molar-refractivity contribution in [2.45, 2.75) is 25.3 Å². The second-order valence-corrected chi connectivity index (χ2v) is 5.77. The number of carboxylic acids is 1. The van der Waals surface area contributed by atoms with Gasteiger partial charge < -0.3 is 25.4 Å². The minimum atomic E-state index is -0.887. The first-order chi connectivity index (χ1) is 9.52. The molecule has 20 heavy (non-hydrogen) atoms. The van der Waals surface area contributed by atoms with Crippen molar-refractivity contribution >= 4 is 12.0 Å². The molecule has 0 saturated carbocycles. The van der Waals surface area contributed by atoms with Gasteiger partial charge in [0.25, 0.3) is 0 Å². The third-order valence-corrected chi connectivity index (χ3v) is 4.22. The summed E-state index contributed by atoms with van der Waals surface area (Å²) in [6.45, 7) is 2.83. The molecule has 7 nitrogen and oxygen atoms in total. The average Bonchev–Trinajstić information content (AvgIpc) is 2.83. The Morgan fingerprint density at radius 3 is 2.65 bits per heavy atom.